The molecule has 3 aromatic rings. The van der Waals surface area contributed by atoms with Crippen LogP contribution >= 0.6 is 0 Å². The number of carbonyl (C=O) groups excluding carboxylic acids is 1. The zero-order valence-corrected chi connectivity index (χ0v) is 21.5. The zero-order chi connectivity index (χ0) is 27.0. The Morgan fingerprint density at radius 1 is 1.00 bits per heavy atom. The molecule has 37 heavy (non-hydrogen) atoms. The molecular weight excluding hydrogens is 488 g/mol. The molecule has 0 aromatic heterocycles. The number of nitrogens with two attached hydrogens (primary N) is 2. The first-order chi connectivity index (χ1) is 17.6. The lowest BCUT2D eigenvalue weighted by molar-refractivity contribution is 0.0624. The van der Waals surface area contributed by atoms with Crippen LogP contribution in [0.1, 0.15) is 29.8 Å². The molecule has 1 amide bonds. The van der Waals surface area contributed by atoms with Gasteiger partial charge in [-0.15, -0.1) is 0 Å². The van der Waals surface area contributed by atoms with Gasteiger partial charge in [-0.25, -0.2) is 13.6 Å². The summed E-state index contributed by atoms with van der Waals surface area (Å²) in [6.45, 7) is 4.07. The van der Waals surface area contributed by atoms with Crippen LogP contribution in [0.15, 0.2) is 101 Å². The Bertz CT molecular complexity index is 1450. The molecule has 3 aromatic carbocycles. The van der Waals surface area contributed by atoms with E-state index in [4.69, 9.17) is 21.0 Å². The minimum absolute atomic E-state index is 0.0148. The largest absolute Gasteiger partial charge is 0.473 e. The summed E-state index contributed by atoms with van der Waals surface area (Å²) in [4.78, 5) is 15.1. The van der Waals surface area contributed by atoms with Crippen LogP contribution in [-0.4, -0.2) is 38.3 Å². The molecule has 0 bridgehead atoms. The molecule has 0 saturated carbocycles. The Balaban J connectivity index is 1.88. The van der Waals surface area contributed by atoms with Gasteiger partial charge in [0.1, 0.15) is 11.6 Å². The van der Waals surface area contributed by atoms with Crippen LogP contribution in [0, 0.1) is 5.41 Å². The lowest BCUT2D eigenvalue weighted by Gasteiger charge is -2.24. The molecule has 5 N–H and O–H groups in total. The van der Waals surface area contributed by atoms with Crippen LogP contribution in [0.5, 0.6) is 5.75 Å². The molecular formula is C28H30N4O4S. The van der Waals surface area contributed by atoms with Crippen molar-refractivity contribution in [3.63, 3.8) is 0 Å². The number of hydrogen-bond donors (Lipinski definition) is 3. The normalized spacial score (nSPS) is 11.9. The highest BCUT2D eigenvalue weighted by atomic mass is 32.2. The minimum Gasteiger partial charge on any atom is -0.473 e. The number of sulfonamides is 1. The van der Waals surface area contributed by atoms with Gasteiger partial charge >= 0.3 is 0 Å². The van der Waals surface area contributed by atoms with E-state index in [1.54, 1.807) is 71.6 Å². The highest BCUT2D eigenvalue weighted by Gasteiger charge is 2.19. The average Bonchev–Trinajstić information content (AvgIpc) is 2.89. The molecule has 0 aliphatic heterocycles. The summed E-state index contributed by atoms with van der Waals surface area (Å²) in [5.41, 5.74) is 8.51. The van der Waals surface area contributed by atoms with Gasteiger partial charge in [-0.2, -0.15) is 0 Å². The maximum Gasteiger partial charge on any atom is 0.256 e. The maximum absolute atomic E-state index is 13.5. The number of primary sulfonamides is 1. The third kappa shape index (κ3) is 7.16. The molecule has 3 rings (SSSR count). The third-order valence-corrected chi connectivity index (χ3v) is 6.55. The van der Waals surface area contributed by atoms with Gasteiger partial charge in [-0.05, 0) is 55.3 Å². The number of carbonyl (C=O) groups is 1. The Hall–Kier alpha value is -4.21. The number of rotatable bonds is 10. The number of amides is 1. The molecule has 0 atom stereocenters. The van der Waals surface area contributed by atoms with Crippen molar-refractivity contribution in [1.29, 1.82) is 5.41 Å². The molecule has 0 aliphatic rings. The Kier molecular flexibility index (Phi) is 9.00. The van der Waals surface area contributed by atoms with E-state index in [1.165, 1.54) is 6.07 Å². The standard InChI is InChI=1S/C28H30N4O4S/c1-3-8-20(4-2)18-32(19-36-24-10-7-9-23(17-24)27(29)30)28(33)22-15-13-21(14-16-22)25-11-5-6-12-26(25)37(31,34)35/h3-17H,18-19H2,1-2H3,(H3,29,30)(H2,31,34,35)/b8-3-,20-4+. The van der Waals surface area contributed by atoms with E-state index in [0.717, 1.165) is 5.57 Å². The molecule has 0 fully saturated rings. The molecule has 0 spiro atoms. The number of nitrogens with zero attached hydrogens (tertiary/aromatic N) is 1. The van der Waals surface area contributed by atoms with Crippen LogP contribution in [0.4, 0.5) is 0 Å². The molecule has 8 nitrogen and oxygen atoms in total. The Morgan fingerprint density at radius 2 is 1.70 bits per heavy atom. The molecule has 192 valence electrons. The maximum atomic E-state index is 13.5. The van der Waals surface area contributed by atoms with Gasteiger partial charge in [-0.3, -0.25) is 10.2 Å². The number of amidine groups is 1. The average molecular weight is 519 g/mol. The molecule has 0 heterocycles. The molecule has 0 radical (unpaired) electrons. The summed E-state index contributed by atoms with van der Waals surface area (Å²) < 4.78 is 29.9. The number of nitrogens with one attached hydrogen (secondary N) is 1. The number of nitrogen functional groups attached to an aromatic ring is 1. The molecule has 0 aliphatic carbocycles. The van der Waals surface area contributed by atoms with Gasteiger partial charge in [-0.1, -0.05) is 60.7 Å². The van der Waals surface area contributed by atoms with Crippen molar-refractivity contribution in [2.45, 2.75) is 18.7 Å². The van der Waals surface area contributed by atoms with Gasteiger partial charge in [0.15, 0.2) is 6.73 Å². The van der Waals surface area contributed by atoms with Crippen molar-refractivity contribution in [1.82, 2.24) is 4.90 Å². The van der Waals surface area contributed by atoms with Gasteiger partial charge < -0.3 is 15.4 Å². The van der Waals surface area contributed by atoms with E-state index in [9.17, 15) is 13.2 Å². The van der Waals surface area contributed by atoms with E-state index in [-0.39, 0.29) is 23.4 Å². The van der Waals surface area contributed by atoms with Crippen LogP contribution < -0.4 is 15.6 Å². The Morgan fingerprint density at radius 3 is 2.32 bits per heavy atom. The van der Waals surface area contributed by atoms with E-state index in [0.29, 0.717) is 34.5 Å². The Labute approximate surface area is 217 Å². The van der Waals surface area contributed by atoms with Crippen molar-refractivity contribution >= 4 is 21.8 Å². The first-order valence-electron chi connectivity index (χ1n) is 11.5. The van der Waals surface area contributed by atoms with Gasteiger partial charge in [0, 0.05) is 23.2 Å². The van der Waals surface area contributed by atoms with Crippen molar-refractivity contribution < 1.29 is 17.9 Å². The van der Waals surface area contributed by atoms with Crippen LogP contribution in [0.3, 0.4) is 0 Å². The van der Waals surface area contributed by atoms with Gasteiger partial charge in [0.2, 0.25) is 10.0 Å². The number of benzene rings is 3. The fourth-order valence-corrected chi connectivity index (χ4v) is 4.45. The highest BCUT2D eigenvalue weighted by Crippen LogP contribution is 2.27. The van der Waals surface area contributed by atoms with Crippen molar-refractivity contribution in [2.24, 2.45) is 10.9 Å². The van der Waals surface area contributed by atoms with E-state index in [1.807, 2.05) is 32.1 Å². The topological polar surface area (TPSA) is 140 Å². The second-order valence-corrected chi connectivity index (χ2v) is 9.73. The predicted octanol–water partition coefficient (Wildman–Crippen LogP) is 4.29. The quantitative estimate of drug-likeness (QED) is 0.159. The smallest absolute Gasteiger partial charge is 0.256 e. The molecule has 0 unspecified atom stereocenters. The third-order valence-electron chi connectivity index (χ3n) is 5.58. The van der Waals surface area contributed by atoms with E-state index >= 15 is 0 Å². The highest BCUT2D eigenvalue weighted by molar-refractivity contribution is 7.89. The number of allylic oxidation sites excluding steroid dienone is 2. The molecule has 9 heteroatoms. The predicted molar refractivity (Wildman–Crippen MR) is 146 cm³/mol. The van der Waals surface area contributed by atoms with E-state index in [2.05, 4.69) is 0 Å². The second kappa shape index (κ2) is 12.2. The van der Waals surface area contributed by atoms with Crippen molar-refractivity contribution in [2.75, 3.05) is 13.3 Å². The summed E-state index contributed by atoms with van der Waals surface area (Å²) in [6.07, 6.45) is 5.74. The van der Waals surface area contributed by atoms with Gasteiger partial charge in [0.25, 0.3) is 5.91 Å². The first kappa shape index (κ1) is 27.4. The zero-order valence-electron chi connectivity index (χ0n) is 20.7. The SMILES string of the molecule is C/C=C\C(=C/C)CN(COc1cccc(C(=N)N)c1)C(=O)c1ccc(-c2ccccc2S(N)(=O)=O)cc1. The van der Waals surface area contributed by atoms with Gasteiger partial charge in [0.05, 0.1) is 4.90 Å². The van der Waals surface area contributed by atoms with Crippen LogP contribution in [-0.2, 0) is 10.0 Å². The summed E-state index contributed by atoms with van der Waals surface area (Å²) in [5.74, 6) is 0.137. The number of ether oxygens (including phenoxy) is 1. The lowest BCUT2D eigenvalue weighted by atomic mass is 10.0. The minimum atomic E-state index is -3.91. The first-order valence-corrected chi connectivity index (χ1v) is 13.1. The fourth-order valence-electron chi connectivity index (χ4n) is 3.68. The fraction of sp³-hybridized carbons (Fsp3) is 0.143. The van der Waals surface area contributed by atoms with Crippen LogP contribution in [0.25, 0.3) is 11.1 Å². The van der Waals surface area contributed by atoms with Crippen molar-refractivity contribution in [3.8, 4) is 16.9 Å². The summed E-state index contributed by atoms with van der Waals surface area (Å²) >= 11 is 0. The van der Waals surface area contributed by atoms with Crippen LogP contribution in [0.2, 0.25) is 0 Å². The summed E-state index contributed by atoms with van der Waals surface area (Å²) in [7, 11) is -3.91. The monoisotopic (exact) mass is 518 g/mol. The summed E-state index contributed by atoms with van der Waals surface area (Å²) in [5, 5.41) is 13.0. The molecule has 0 saturated heterocycles. The number of hydrogen-bond acceptors (Lipinski definition) is 5. The lowest BCUT2D eigenvalue weighted by Crippen LogP contribution is -2.36. The summed E-state index contributed by atoms with van der Waals surface area (Å²) in [6, 6.07) is 19.9. The van der Waals surface area contributed by atoms with E-state index < -0.39 is 10.0 Å². The van der Waals surface area contributed by atoms with Crippen molar-refractivity contribution in [3.05, 3.63) is 108 Å². The second-order valence-electron chi connectivity index (χ2n) is 8.20.